The van der Waals surface area contributed by atoms with Crippen molar-refractivity contribution < 1.29 is 0 Å². The van der Waals surface area contributed by atoms with Gasteiger partial charge in [-0.05, 0) is 57.8 Å². The molecular weight excluding hydrogens is 286 g/mol. The van der Waals surface area contributed by atoms with E-state index < -0.39 is 0 Å². The van der Waals surface area contributed by atoms with Crippen molar-refractivity contribution in [1.82, 2.24) is 15.2 Å². The van der Waals surface area contributed by atoms with Crippen LogP contribution in [0.3, 0.4) is 0 Å². The first-order chi connectivity index (χ1) is 11.4. The molecule has 1 N–H and O–H groups in total. The molecule has 0 aromatic carbocycles. The Labute approximate surface area is 139 Å². The molecule has 2 heterocycles. The molecule has 23 heavy (non-hydrogen) atoms. The van der Waals surface area contributed by atoms with Gasteiger partial charge in [-0.25, -0.2) is 0 Å². The van der Waals surface area contributed by atoms with Crippen molar-refractivity contribution in [2.75, 3.05) is 23.3 Å². The third-order valence-electron chi connectivity index (χ3n) is 5.05. The first-order valence-corrected chi connectivity index (χ1v) is 9.25. The number of nitrogens with zero attached hydrogens (tertiary/aromatic N) is 4. The molecule has 3 rings (SSSR count). The zero-order valence-electron chi connectivity index (χ0n) is 14.3. The summed E-state index contributed by atoms with van der Waals surface area (Å²) in [4.78, 5) is 7.11. The number of piperidine rings is 1. The minimum atomic E-state index is 0.598. The largest absolute Gasteiger partial charge is 0.353 e. The Morgan fingerprint density at radius 1 is 1.26 bits per heavy atom. The van der Waals surface area contributed by atoms with Crippen molar-refractivity contribution in [2.45, 2.75) is 70.8 Å². The van der Waals surface area contributed by atoms with Gasteiger partial charge in [-0.15, -0.1) is 5.10 Å². The SMILES string of the molecule is CCC1CCCCN1c1cnnc(NCCC2=CCCCC2)n1. The summed E-state index contributed by atoms with van der Waals surface area (Å²) in [6.45, 7) is 4.24. The van der Waals surface area contributed by atoms with E-state index in [9.17, 15) is 0 Å². The molecule has 126 valence electrons. The predicted octanol–water partition coefficient (Wildman–Crippen LogP) is 3.94. The minimum absolute atomic E-state index is 0.598. The molecule has 1 atom stereocenters. The molecule has 1 saturated heterocycles. The summed E-state index contributed by atoms with van der Waals surface area (Å²) >= 11 is 0. The van der Waals surface area contributed by atoms with Gasteiger partial charge in [0.25, 0.3) is 0 Å². The number of hydrogen-bond donors (Lipinski definition) is 1. The highest BCUT2D eigenvalue weighted by atomic mass is 15.3. The van der Waals surface area contributed by atoms with E-state index in [-0.39, 0.29) is 0 Å². The Balaban J connectivity index is 1.57. The standard InChI is InChI=1S/C18H29N5/c1-2-16-10-6-7-13-23(16)17-14-20-22-18(21-17)19-12-11-15-8-4-3-5-9-15/h8,14,16H,2-7,9-13H2,1H3,(H,19,21,22). The molecule has 0 saturated carbocycles. The van der Waals surface area contributed by atoms with Gasteiger partial charge >= 0.3 is 0 Å². The van der Waals surface area contributed by atoms with Crippen LogP contribution in [0.25, 0.3) is 0 Å². The maximum atomic E-state index is 4.70. The second kappa shape index (κ2) is 8.27. The summed E-state index contributed by atoms with van der Waals surface area (Å²) in [7, 11) is 0. The Bertz CT molecular complexity index is 528. The van der Waals surface area contributed by atoms with Crippen molar-refractivity contribution in [3.8, 4) is 0 Å². The van der Waals surface area contributed by atoms with Crippen molar-refractivity contribution in [2.24, 2.45) is 0 Å². The quantitative estimate of drug-likeness (QED) is 0.806. The van der Waals surface area contributed by atoms with Crippen LogP contribution in [-0.4, -0.2) is 34.3 Å². The van der Waals surface area contributed by atoms with Gasteiger partial charge in [-0.2, -0.15) is 10.1 Å². The number of nitrogens with one attached hydrogen (secondary N) is 1. The topological polar surface area (TPSA) is 53.9 Å². The van der Waals surface area contributed by atoms with E-state index in [2.05, 4.69) is 33.4 Å². The molecule has 0 radical (unpaired) electrons. The lowest BCUT2D eigenvalue weighted by Crippen LogP contribution is -2.39. The molecule has 2 aliphatic rings. The molecule has 1 aromatic heterocycles. The van der Waals surface area contributed by atoms with Crippen molar-refractivity contribution in [3.05, 3.63) is 17.8 Å². The maximum Gasteiger partial charge on any atom is 0.244 e. The fraction of sp³-hybridized carbons (Fsp3) is 0.722. The first-order valence-electron chi connectivity index (χ1n) is 9.25. The second-order valence-electron chi connectivity index (χ2n) is 6.67. The van der Waals surface area contributed by atoms with Gasteiger partial charge in [0.05, 0.1) is 6.20 Å². The highest BCUT2D eigenvalue weighted by molar-refractivity contribution is 5.41. The Morgan fingerprint density at radius 3 is 3.04 bits per heavy atom. The van der Waals surface area contributed by atoms with Gasteiger partial charge in [0.15, 0.2) is 5.82 Å². The number of rotatable bonds is 6. The summed E-state index contributed by atoms with van der Waals surface area (Å²) < 4.78 is 0. The third kappa shape index (κ3) is 4.43. The van der Waals surface area contributed by atoms with Gasteiger partial charge in [0.1, 0.15) is 0 Å². The molecule has 0 spiro atoms. The molecule has 1 aliphatic carbocycles. The third-order valence-corrected chi connectivity index (χ3v) is 5.05. The van der Waals surface area contributed by atoms with Crippen LogP contribution in [0.5, 0.6) is 0 Å². The van der Waals surface area contributed by atoms with E-state index >= 15 is 0 Å². The fourth-order valence-electron chi connectivity index (χ4n) is 3.70. The van der Waals surface area contributed by atoms with Crippen LogP contribution in [0.2, 0.25) is 0 Å². The van der Waals surface area contributed by atoms with E-state index in [1.807, 2.05) is 6.20 Å². The highest BCUT2D eigenvalue weighted by Gasteiger charge is 2.22. The number of hydrogen-bond acceptors (Lipinski definition) is 5. The van der Waals surface area contributed by atoms with Gasteiger partial charge < -0.3 is 10.2 Å². The highest BCUT2D eigenvalue weighted by Crippen LogP contribution is 2.25. The molecule has 1 aliphatic heterocycles. The van der Waals surface area contributed by atoms with E-state index in [0.29, 0.717) is 12.0 Å². The van der Waals surface area contributed by atoms with Crippen LogP contribution in [0.15, 0.2) is 17.8 Å². The van der Waals surface area contributed by atoms with Crippen LogP contribution < -0.4 is 10.2 Å². The minimum Gasteiger partial charge on any atom is -0.353 e. The Hall–Kier alpha value is -1.65. The van der Waals surface area contributed by atoms with Crippen molar-refractivity contribution in [3.63, 3.8) is 0 Å². The van der Waals surface area contributed by atoms with Crippen LogP contribution >= 0.6 is 0 Å². The Morgan fingerprint density at radius 2 is 2.22 bits per heavy atom. The number of aromatic nitrogens is 3. The number of allylic oxidation sites excluding steroid dienone is 1. The predicted molar refractivity (Wildman–Crippen MR) is 94.8 cm³/mol. The van der Waals surface area contributed by atoms with Crippen molar-refractivity contribution >= 4 is 11.8 Å². The van der Waals surface area contributed by atoms with Gasteiger partial charge in [0, 0.05) is 19.1 Å². The number of anilines is 2. The lowest BCUT2D eigenvalue weighted by Gasteiger charge is -2.35. The normalized spacial score (nSPS) is 21.9. The van der Waals surface area contributed by atoms with Gasteiger partial charge in [-0.3, -0.25) is 0 Å². The summed E-state index contributed by atoms with van der Waals surface area (Å²) in [6.07, 6.45) is 15.5. The maximum absolute atomic E-state index is 4.70. The summed E-state index contributed by atoms with van der Waals surface area (Å²) in [5.41, 5.74) is 1.58. The average molecular weight is 315 g/mol. The van der Waals surface area contributed by atoms with E-state index in [1.54, 1.807) is 5.57 Å². The molecule has 5 nitrogen and oxygen atoms in total. The second-order valence-corrected chi connectivity index (χ2v) is 6.67. The van der Waals surface area contributed by atoms with E-state index in [0.717, 1.165) is 25.3 Å². The first kappa shape index (κ1) is 16.2. The van der Waals surface area contributed by atoms with E-state index in [4.69, 9.17) is 4.98 Å². The monoisotopic (exact) mass is 315 g/mol. The molecule has 1 unspecified atom stereocenters. The lowest BCUT2D eigenvalue weighted by atomic mass is 9.97. The molecule has 0 bridgehead atoms. The zero-order chi connectivity index (χ0) is 15.9. The summed E-state index contributed by atoms with van der Waals surface area (Å²) in [6, 6.07) is 0.598. The van der Waals surface area contributed by atoms with Crippen LogP contribution in [-0.2, 0) is 0 Å². The summed E-state index contributed by atoms with van der Waals surface area (Å²) in [5, 5.41) is 11.7. The summed E-state index contributed by atoms with van der Waals surface area (Å²) in [5.74, 6) is 1.64. The molecular formula is C18H29N5. The van der Waals surface area contributed by atoms with Gasteiger partial charge in [0.2, 0.25) is 5.95 Å². The lowest BCUT2D eigenvalue weighted by molar-refractivity contribution is 0.446. The molecule has 5 heteroatoms. The van der Waals surface area contributed by atoms with Crippen molar-refractivity contribution in [1.29, 1.82) is 0 Å². The van der Waals surface area contributed by atoms with E-state index in [1.165, 1.54) is 51.4 Å². The van der Waals surface area contributed by atoms with Crippen LogP contribution in [0.1, 0.15) is 64.7 Å². The molecule has 1 fully saturated rings. The smallest absolute Gasteiger partial charge is 0.244 e. The zero-order valence-corrected chi connectivity index (χ0v) is 14.3. The van der Waals surface area contributed by atoms with Gasteiger partial charge in [-0.1, -0.05) is 18.6 Å². The molecule has 0 amide bonds. The van der Waals surface area contributed by atoms with Crippen LogP contribution in [0.4, 0.5) is 11.8 Å². The molecule has 1 aromatic rings. The Kier molecular flexibility index (Phi) is 5.83. The fourth-order valence-corrected chi connectivity index (χ4v) is 3.70. The van der Waals surface area contributed by atoms with Crippen LogP contribution in [0, 0.1) is 0 Å². The average Bonchev–Trinajstić information content (AvgIpc) is 2.63.